The van der Waals surface area contributed by atoms with Crippen LogP contribution in [-0.4, -0.2) is 45.5 Å². The highest BCUT2D eigenvalue weighted by atomic mass is 16.4. The topological polar surface area (TPSA) is 139 Å². The number of phenols is 1. The van der Waals surface area contributed by atoms with Crippen molar-refractivity contribution in [3.8, 4) is 11.7 Å². The number of rotatable bonds is 4. The summed E-state index contributed by atoms with van der Waals surface area (Å²) >= 11 is 0. The van der Waals surface area contributed by atoms with Crippen LogP contribution in [0.3, 0.4) is 0 Å². The van der Waals surface area contributed by atoms with Gasteiger partial charge in [0.1, 0.15) is 5.75 Å². The molecule has 0 amide bonds. The van der Waals surface area contributed by atoms with Gasteiger partial charge in [0, 0.05) is 11.8 Å². The van der Waals surface area contributed by atoms with Gasteiger partial charge in [-0.05, 0) is 6.07 Å². The minimum absolute atomic E-state index is 0.0298. The third kappa shape index (κ3) is 2.59. The van der Waals surface area contributed by atoms with E-state index in [0.29, 0.717) is 5.56 Å². The highest BCUT2D eigenvalue weighted by Crippen LogP contribution is 2.18. The van der Waals surface area contributed by atoms with E-state index in [-0.39, 0.29) is 35.0 Å². The first kappa shape index (κ1) is 15.6. The quantitative estimate of drug-likeness (QED) is 0.492. The van der Waals surface area contributed by atoms with Crippen LogP contribution in [0.5, 0.6) is 5.75 Å². The van der Waals surface area contributed by atoms with Gasteiger partial charge in [0.05, 0.1) is 24.6 Å². The number of fused-ring (bicyclic) bond motifs is 1. The Morgan fingerprint density at radius 1 is 1.27 bits per heavy atom. The Morgan fingerprint density at radius 3 is 2.81 bits per heavy atom. The lowest BCUT2D eigenvalue weighted by molar-refractivity contribution is 0.0697. The molecule has 3 heterocycles. The number of benzene rings is 1. The molecule has 0 fully saturated rings. The Hall–Kier alpha value is -3.95. The van der Waals surface area contributed by atoms with Crippen molar-refractivity contribution in [3.63, 3.8) is 0 Å². The molecule has 0 radical (unpaired) electrons. The lowest BCUT2D eigenvalue weighted by Gasteiger charge is -2.06. The lowest BCUT2D eigenvalue weighted by atomic mass is 10.2. The highest BCUT2D eigenvalue weighted by Gasteiger charge is 2.14. The van der Waals surface area contributed by atoms with Crippen LogP contribution in [0.25, 0.3) is 17.1 Å². The fourth-order valence-electron chi connectivity index (χ4n) is 2.58. The van der Waals surface area contributed by atoms with E-state index in [1.54, 1.807) is 28.8 Å². The van der Waals surface area contributed by atoms with Crippen molar-refractivity contribution in [1.82, 2.24) is 29.3 Å². The van der Waals surface area contributed by atoms with Gasteiger partial charge in [0.15, 0.2) is 11.2 Å². The third-order valence-corrected chi connectivity index (χ3v) is 3.85. The molecule has 0 aliphatic carbocycles. The molecule has 3 N–H and O–H groups in total. The van der Waals surface area contributed by atoms with E-state index < -0.39 is 11.5 Å². The molecule has 4 rings (SSSR count). The second-order valence-corrected chi connectivity index (χ2v) is 5.54. The summed E-state index contributed by atoms with van der Waals surface area (Å²) in [5.74, 6) is -0.956. The van der Waals surface area contributed by atoms with Crippen LogP contribution in [0.2, 0.25) is 0 Å². The van der Waals surface area contributed by atoms with Gasteiger partial charge in [-0.3, -0.25) is 9.78 Å². The fourth-order valence-corrected chi connectivity index (χ4v) is 2.58. The zero-order chi connectivity index (χ0) is 18.3. The van der Waals surface area contributed by atoms with Crippen molar-refractivity contribution in [3.05, 3.63) is 64.5 Å². The number of imidazole rings is 1. The number of phenolic OH excluding ortho intramolecular Hbond substituents is 1. The number of nitrogens with zero attached hydrogens (tertiary/aromatic N) is 5. The fraction of sp³-hybridized carbons (Fsp3) is 0.0625. The lowest BCUT2D eigenvalue weighted by Crippen LogP contribution is -2.16. The van der Waals surface area contributed by atoms with Crippen molar-refractivity contribution in [1.29, 1.82) is 0 Å². The van der Waals surface area contributed by atoms with E-state index in [9.17, 15) is 14.7 Å². The number of hydrogen-bond acceptors (Lipinski definition) is 6. The molecule has 130 valence electrons. The smallest absolute Gasteiger partial charge is 0.338 e. The zero-order valence-electron chi connectivity index (χ0n) is 13.2. The number of carboxylic acids is 1. The molecule has 0 aliphatic heterocycles. The molecule has 26 heavy (non-hydrogen) atoms. The number of aromatic carboxylic acids is 1. The van der Waals surface area contributed by atoms with E-state index in [1.165, 1.54) is 12.5 Å². The van der Waals surface area contributed by atoms with E-state index in [2.05, 4.69) is 20.1 Å². The first-order chi connectivity index (χ1) is 12.5. The van der Waals surface area contributed by atoms with Crippen LogP contribution in [0.15, 0.2) is 47.8 Å². The average molecular weight is 352 g/mol. The number of aromatic nitrogens is 6. The molecule has 0 atom stereocenters. The maximum absolute atomic E-state index is 12.5. The summed E-state index contributed by atoms with van der Waals surface area (Å²) in [6.45, 7) is 0.248. The van der Waals surface area contributed by atoms with Crippen LogP contribution in [0.1, 0.15) is 15.9 Å². The second kappa shape index (κ2) is 5.84. The van der Waals surface area contributed by atoms with Gasteiger partial charge in [-0.2, -0.15) is 10.1 Å². The number of carboxylic acid groups (broad SMARTS) is 1. The molecule has 4 aromatic rings. The molecule has 10 nitrogen and oxygen atoms in total. The molecule has 1 aromatic carbocycles. The molecule has 10 heteroatoms. The molecule has 0 unspecified atom stereocenters. The Bertz CT molecular complexity index is 1190. The normalized spacial score (nSPS) is 11.1. The highest BCUT2D eigenvalue weighted by molar-refractivity contribution is 5.86. The zero-order valence-corrected chi connectivity index (χ0v) is 13.2. The Balaban J connectivity index is 1.77. The maximum atomic E-state index is 12.5. The van der Waals surface area contributed by atoms with Crippen molar-refractivity contribution >= 4 is 17.1 Å². The predicted molar refractivity (Wildman–Crippen MR) is 89.4 cm³/mol. The molecule has 0 saturated carbocycles. The van der Waals surface area contributed by atoms with Gasteiger partial charge in [-0.25, -0.2) is 14.5 Å². The summed E-state index contributed by atoms with van der Waals surface area (Å²) in [4.78, 5) is 34.4. The summed E-state index contributed by atoms with van der Waals surface area (Å²) < 4.78 is 2.73. The molecule has 0 aliphatic rings. The Kier molecular flexibility index (Phi) is 3.50. The number of para-hydroxylation sites is 1. The number of hydrogen-bond donors (Lipinski definition) is 3. The van der Waals surface area contributed by atoms with E-state index in [4.69, 9.17) is 5.11 Å². The molecule has 0 bridgehead atoms. The molecular weight excluding hydrogens is 340 g/mol. The van der Waals surface area contributed by atoms with Crippen LogP contribution in [-0.2, 0) is 6.54 Å². The minimum Gasteiger partial charge on any atom is -0.508 e. The van der Waals surface area contributed by atoms with E-state index in [0.717, 1.165) is 10.9 Å². The van der Waals surface area contributed by atoms with Crippen molar-refractivity contribution < 1.29 is 15.0 Å². The average Bonchev–Trinajstić information content (AvgIpc) is 3.24. The summed E-state index contributed by atoms with van der Waals surface area (Å²) in [6.07, 6.45) is 3.85. The van der Waals surface area contributed by atoms with Crippen LogP contribution < -0.4 is 5.56 Å². The van der Waals surface area contributed by atoms with Crippen LogP contribution in [0.4, 0.5) is 0 Å². The first-order valence-corrected chi connectivity index (χ1v) is 7.53. The third-order valence-electron chi connectivity index (χ3n) is 3.85. The predicted octanol–water partition coefficient (Wildman–Crippen LogP) is 0.757. The van der Waals surface area contributed by atoms with Gasteiger partial charge in [0.25, 0.3) is 5.56 Å². The first-order valence-electron chi connectivity index (χ1n) is 7.53. The minimum atomic E-state index is -1.13. The van der Waals surface area contributed by atoms with Gasteiger partial charge >= 0.3 is 5.97 Å². The van der Waals surface area contributed by atoms with Gasteiger partial charge < -0.3 is 14.8 Å². The molecule has 0 spiro atoms. The Labute approximate surface area is 145 Å². The monoisotopic (exact) mass is 352 g/mol. The van der Waals surface area contributed by atoms with E-state index >= 15 is 0 Å². The van der Waals surface area contributed by atoms with Crippen molar-refractivity contribution in [2.24, 2.45) is 0 Å². The summed E-state index contributed by atoms with van der Waals surface area (Å²) in [5, 5.41) is 22.7. The van der Waals surface area contributed by atoms with Gasteiger partial charge in [-0.15, -0.1) is 0 Å². The standard InChI is InChI=1S/C16H12N6O4/c23-11-4-2-1-3-9(11)6-21-8-17-13-12(21)14(24)20-16(19-13)22-7-10(5-18-22)15(25)26/h1-5,7-8,23H,6H2,(H,25,26)(H,19,20,24). The second-order valence-electron chi connectivity index (χ2n) is 5.54. The van der Waals surface area contributed by atoms with Crippen LogP contribution in [0, 0.1) is 0 Å². The number of carbonyl (C=O) groups is 1. The molecule has 0 saturated heterocycles. The summed E-state index contributed by atoms with van der Waals surface area (Å²) in [7, 11) is 0. The van der Waals surface area contributed by atoms with Gasteiger partial charge in [-0.1, -0.05) is 18.2 Å². The SMILES string of the molecule is O=C(O)c1cnn(-c2nc3ncn(Cc4ccccc4O)c3c(=O)[nH]2)c1. The number of aromatic hydroxyl groups is 1. The number of aromatic amines is 1. The number of H-pyrrole nitrogens is 1. The Morgan fingerprint density at radius 2 is 2.08 bits per heavy atom. The van der Waals surface area contributed by atoms with Gasteiger partial charge in [0.2, 0.25) is 5.95 Å². The summed E-state index contributed by atoms with van der Waals surface area (Å²) in [5.41, 5.74) is 0.575. The van der Waals surface area contributed by atoms with Crippen molar-refractivity contribution in [2.45, 2.75) is 6.54 Å². The van der Waals surface area contributed by atoms with Crippen LogP contribution >= 0.6 is 0 Å². The van der Waals surface area contributed by atoms with Crippen molar-refractivity contribution in [2.75, 3.05) is 0 Å². The van der Waals surface area contributed by atoms with E-state index in [1.807, 2.05) is 0 Å². The molecular formula is C16H12N6O4. The summed E-state index contributed by atoms with van der Waals surface area (Å²) in [6, 6.07) is 6.80. The number of nitrogens with one attached hydrogen (secondary N) is 1. The largest absolute Gasteiger partial charge is 0.508 e. The molecule has 3 aromatic heterocycles. The maximum Gasteiger partial charge on any atom is 0.338 e.